The first-order valence-electron chi connectivity index (χ1n) is 5.59. The van der Waals surface area contributed by atoms with Gasteiger partial charge in [0.15, 0.2) is 0 Å². The maximum Gasteiger partial charge on any atom is 0.303 e. The van der Waals surface area contributed by atoms with Crippen LogP contribution < -0.4 is 0 Å². The second kappa shape index (κ2) is 5.35. The third-order valence-electron chi connectivity index (χ3n) is 3.17. The van der Waals surface area contributed by atoms with E-state index in [1.807, 2.05) is 0 Å². The van der Waals surface area contributed by atoms with E-state index in [1.165, 1.54) is 19.5 Å². The lowest BCUT2D eigenvalue weighted by Crippen LogP contribution is -2.48. The van der Waals surface area contributed by atoms with E-state index >= 15 is 0 Å². The van der Waals surface area contributed by atoms with Gasteiger partial charge in [-0.15, -0.1) is 0 Å². The number of rotatable bonds is 6. The molecule has 3 nitrogen and oxygen atoms in total. The maximum absolute atomic E-state index is 10.6. The Morgan fingerprint density at radius 3 is 2.57 bits per heavy atom. The zero-order valence-electron chi connectivity index (χ0n) is 9.20. The molecule has 0 radical (unpaired) electrons. The molecule has 1 aliphatic heterocycles. The summed E-state index contributed by atoms with van der Waals surface area (Å²) in [5, 5.41) is 8.70. The number of likely N-dealkylation sites (tertiary alicyclic amines) is 1. The normalized spacial score (nSPS) is 20.4. The lowest BCUT2D eigenvalue weighted by molar-refractivity contribution is -0.138. The molecule has 1 fully saturated rings. The number of carbonyl (C=O) groups is 1. The maximum atomic E-state index is 10.6. The van der Waals surface area contributed by atoms with E-state index < -0.39 is 5.97 Å². The van der Waals surface area contributed by atoms with E-state index in [-0.39, 0.29) is 0 Å². The van der Waals surface area contributed by atoms with Crippen molar-refractivity contribution in [3.05, 3.63) is 0 Å². The van der Waals surface area contributed by atoms with Crippen LogP contribution in [0.4, 0.5) is 0 Å². The third kappa shape index (κ3) is 3.29. The van der Waals surface area contributed by atoms with Crippen molar-refractivity contribution in [3.8, 4) is 0 Å². The fourth-order valence-electron chi connectivity index (χ4n) is 2.03. The van der Waals surface area contributed by atoms with Crippen LogP contribution in [0.5, 0.6) is 0 Å². The average molecular weight is 199 g/mol. The highest BCUT2D eigenvalue weighted by atomic mass is 16.4. The molecule has 0 aliphatic carbocycles. The molecule has 0 aromatic rings. The molecule has 0 aromatic carbocycles. The first-order valence-corrected chi connectivity index (χ1v) is 5.59. The van der Waals surface area contributed by atoms with Crippen molar-refractivity contribution in [1.82, 2.24) is 4.90 Å². The third-order valence-corrected chi connectivity index (χ3v) is 3.17. The van der Waals surface area contributed by atoms with E-state index in [0.29, 0.717) is 12.3 Å². The van der Waals surface area contributed by atoms with Gasteiger partial charge in [0.25, 0.3) is 0 Å². The highest BCUT2D eigenvalue weighted by Crippen LogP contribution is 2.21. The van der Waals surface area contributed by atoms with Crippen LogP contribution in [-0.4, -0.2) is 35.6 Å². The van der Waals surface area contributed by atoms with E-state index in [1.54, 1.807) is 0 Å². The molecule has 0 saturated carbocycles. The summed E-state index contributed by atoms with van der Waals surface area (Å²) in [5.41, 5.74) is 0. The van der Waals surface area contributed by atoms with Crippen molar-refractivity contribution in [2.24, 2.45) is 11.8 Å². The van der Waals surface area contributed by atoms with Crippen LogP contribution in [0.25, 0.3) is 0 Å². The van der Waals surface area contributed by atoms with Gasteiger partial charge in [0.05, 0.1) is 0 Å². The minimum Gasteiger partial charge on any atom is -0.481 e. The summed E-state index contributed by atoms with van der Waals surface area (Å²) >= 11 is 0. The predicted molar refractivity (Wildman–Crippen MR) is 56.3 cm³/mol. The van der Waals surface area contributed by atoms with Gasteiger partial charge in [0.1, 0.15) is 0 Å². The fraction of sp³-hybridized carbons (Fsp3) is 0.909. The first-order chi connectivity index (χ1) is 6.65. The molecule has 3 heteroatoms. The predicted octanol–water partition coefficient (Wildman–Crippen LogP) is 1.83. The largest absolute Gasteiger partial charge is 0.481 e. The summed E-state index contributed by atoms with van der Waals surface area (Å²) in [5.74, 6) is 0.534. The minimum atomic E-state index is -0.663. The van der Waals surface area contributed by atoms with Crippen LogP contribution in [0.3, 0.4) is 0 Å². The lowest BCUT2D eigenvalue weighted by Gasteiger charge is -2.40. The minimum absolute atomic E-state index is 0.323. The van der Waals surface area contributed by atoms with Crippen molar-refractivity contribution in [3.63, 3.8) is 0 Å². The molecule has 0 bridgehead atoms. The summed E-state index contributed by atoms with van der Waals surface area (Å²) in [6.45, 7) is 7.61. The number of carboxylic acids is 1. The van der Waals surface area contributed by atoms with E-state index in [4.69, 9.17) is 5.11 Å². The monoisotopic (exact) mass is 199 g/mol. The van der Waals surface area contributed by atoms with Crippen LogP contribution in [-0.2, 0) is 4.79 Å². The summed E-state index contributed by atoms with van der Waals surface area (Å²) < 4.78 is 0. The molecule has 1 rings (SSSR count). The van der Waals surface area contributed by atoms with Gasteiger partial charge in [-0.2, -0.15) is 0 Å². The summed E-state index contributed by atoms with van der Waals surface area (Å²) in [6, 6.07) is 0. The van der Waals surface area contributed by atoms with Gasteiger partial charge in [0, 0.05) is 26.1 Å². The Morgan fingerprint density at radius 1 is 1.50 bits per heavy atom. The van der Waals surface area contributed by atoms with Gasteiger partial charge < -0.3 is 10.0 Å². The number of hydrogen-bond donors (Lipinski definition) is 1. The smallest absolute Gasteiger partial charge is 0.303 e. The zero-order valence-corrected chi connectivity index (χ0v) is 9.20. The van der Waals surface area contributed by atoms with Crippen molar-refractivity contribution < 1.29 is 9.90 Å². The van der Waals surface area contributed by atoms with Gasteiger partial charge in [-0.1, -0.05) is 26.7 Å². The molecule has 1 N–H and O–H groups in total. The quantitative estimate of drug-likeness (QED) is 0.709. The topological polar surface area (TPSA) is 40.5 Å². The highest BCUT2D eigenvalue weighted by molar-refractivity contribution is 5.67. The van der Waals surface area contributed by atoms with E-state index in [2.05, 4.69) is 18.7 Å². The molecule has 0 amide bonds. The Kier molecular flexibility index (Phi) is 4.39. The Hall–Kier alpha value is -0.570. The van der Waals surface area contributed by atoms with Crippen LogP contribution in [0.1, 0.15) is 33.1 Å². The molecule has 1 saturated heterocycles. The summed E-state index contributed by atoms with van der Waals surface area (Å²) in [7, 11) is 0. The first kappa shape index (κ1) is 11.5. The van der Waals surface area contributed by atoms with Crippen LogP contribution in [0, 0.1) is 11.8 Å². The number of hydrogen-bond acceptors (Lipinski definition) is 2. The van der Waals surface area contributed by atoms with Crippen molar-refractivity contribution in [2.75, 3.05) is 19.6 Å². The summed E-state index contributed by atoms with van der Waals surface area (Å²) in [4.78, 5) is 12.9. The molecular formula is C11H21NO2. The van der Waals surface area contributed by atoms with Crippen LogP contribution in [0.2, 0.25) is 0 Å². The van der Waals surface area contributed by atoms with Crippen molar-refractivity contribution in [2.45, 2.75) is 33.1 Å². The number of nitrogens with zero attached hydrogens (tertiary/aromatic N) is 1. The SMILES string of the molecule is CCC(CC(=O)O)CN1CC(CC)C1. The van der Waals surface area contributed by atoms with Gasteiger partial charge in [0.2, 0.25) is 0 Å². The molecule has 1 heterocycles. The van der Waals surface area contributed by atoms with Gasteiger partial charge in [-0.3, -0.25) is 4.79 Å². The van der Waals surface area contributed by atoms with E-state index in [9.17, 15) is 4.79 Å². The second-order valence-electron chi connectivity index (χ2n) is 4.36. The number of aliphatic carboxylic acids is 1. The standard InChI is InChI=1S/C11H21NO2/c1-3-9(5-11(13)14)6-12-7-10(4-2)8-12/h9-10H,3-8H2,1-2H3,(H,13,14). The summed E-state index contributed by atoms with van der Waals surface area (Å²) in [6.07, 6.45) is 2.55. The Bertz CT molecular complexity index is 188. The van der Waals surface area contributed by atoms with Crippen molar-refractivity contribution >= 4 is 5.97 Å². The van der Waals surface area contributed by atoms with E-state index in [0.717, 1.165) is 18.9 Å². The Morgan fingerprint density at radius 2 is 2.14 bits per heavy atom. The second-order valence-corrected chi connectivity index (χ2v) is 4.36. The van der Waals surface area contributed by atoms with Gasteiger partial charge >= 0.3 is 5.97 Å². The molecule has 0 spiro atoms. The van der Waals surface area contributed by atoms with Gasteiger partial charge in [-0.25, -0.2) is 0 Å². The van der Waals surface area contributed by atoms with Crippen molar-refractivity contribution in [1.29, 1.82) is 0 Å². The molecule has 1 aliphatic rings. The lowest BCUT2D eigenvalue weighted by atomic mass is 9.93. The van der Waals surface area contributed by atoms with Crippen LogP contribution in [0.15, 0.2) is 0 Å². The Balaban J connectivity index is 2.18. The van der Waals surface area contributed by atoms with Gasteiger partial charge in [-0.05, 0) is 11.8 Å². The fourth-order valence-corrected chi connectivity index (χ4v) is 2.03. The Labute approximate surface area is 86.1 Å². The molecule has 1 atom stereocenters. The molecule has 14 heavy (non-hydrogen) atoms. The molecule has 82 valence electrons. The molecule has 0 aromatic heterocycles. The zero-order chi connectivity index (χ0) is 10.6. The highest BCUT2D eigenvalue weighted by Gasteiger charge is 2.27. The average Bonchev–Trinajstić information content (AvgIpc) is 2.07. The molecule has 1 unspecified atom stereocenters. The molecular weight excluding hydrogens is 178 g/mol. The number of carboxylic acid groups (broad SMARTS) is 1. The van der Waals surface area contributed by atoms with Crippen LogP contribution >= 0.6 is 0 Å².